The molecule has 1 aliphatic carbocycles. The second-order valence-corrected chi connectivity index (χ2v) is 11.8. The molecule has 0 aromatic heterocycles. The Hall–Kier alpha value is -2.02. The second-order valence-electron chi connectivity index (χ2n) is 11.8. The van der Waals surface area contributed by atoms with E-state index in [2.05, 4.69) is 0 Å². The monoisotopic (exact) mass is 559 g/mol. The van der Waals surface area contributed by atoms with Gasteiger partial charge < -0.3 is 33.5 Å². The minimum Gasteiger partial charge on any atom is -0.443 e. The Morgan fingerprint density at radius 2 is 1.72 bits per heavy atom. The molecule has 1 saturated carbocycles. The highest BCUT2D eigenvalue weighted by Crippen LogP contribution is 2.52. The molecule has 3 heterocycles. The molecule has 3 aliphatic heterocycles. The fraction of sp³-hybridized carbons (Fsp3) is 0.852. The lowest BCUT2D eigenvalue weighted by Crippen LogP contribution is -2.61. The van der Waals surface area contributed by atoms with Crippen LogP contribution in [0.2, 0.25) is 0 Å². The molecular weight excluding hydrogens is 516 g/mol. The highest BCUT2D eigenvalue weighted by Gasteiger charge is 2.64. The van der Waals surface area contributed by atoms with Crippen LogP contribution in [0.5, 0.6) is 0 Å². The molecule has 10 nitrogen and oxygen atoms in total. The van der Waals surface area contributed by atoms with Gasteiger partial charge in [0.1, 0.15) is 18.3 Å². The largest absolute Gasteiger partial charge is 0.443 e. The number of amides is 2. The van der Waals surface area contributed by atoms with Gasteiger partial charge in [-0.2, -0.15) is 0 Å². The predicted molar refractivity (Wildman–Crippen MR) is 138 cm³/mol. The normalized spacial score (nSPS) is 29.8. The molecule has 0 aromatic carbocycles. The van der Waals surface area contributed by atoms with Crippen molar-refractivity contribution >= 4 is 12.2 Å². The van der Waals surface area contributed by atoms with Gasteiger partial charge in [-0.1, -0.05) is 11.6 Å². The Morgan fingerprint density at radius 3 is 2.28 bits per heavy atom. The van der Waals surface area contributed by atoms with Crippen molar-refractivity contribution in [1.29, 1.82) is 0 Å². The maximum Gasteiger partial charge on any atom is 0.410 e. The highest BCUT2D eigenvalue weighted by atomic mass is 19.3. The van der Waals surface area contributed by atoms with E-state index in [0.717, 1.165) is 6.42 Å². The van der Waals surface area contributed by atoms with Gasteiger partial charge in [-0.05, 0) is 40.5 Å². The summed E-state index contributed by atoms with van der Waals surface area (Å²) in [6.45, 7) is 10.9. The van der Waals surface area contributed by atoms with Crippen LogP contribution in [0.4, 0.5) is 18.4 Å². The van der Waals surface area contributed by atoms with Crippen molar-refractivity contribution in [3.05, 3.63) is 11.6 Å². The number of ether oxygens (including phenoxy) is 5. The van der Waals surface area contributed by atoms with E-state index >= 15 is 0 Å². The van der Waals surface area contributed by atoms with Crippen LogP contribution in [0.3, 0.4) is 0 Å². The minimum atomic E-state index is -2.39. The number of rotatable bonds is 9. The average molecular weight is 560 g/mol. The summed E-state index contributed by atoms with van der Waals surface area (Å²) in [4.78, 5) is 30.1. The van der Waals surface area contributed by atoms with Gasteiger partial charge in [0.2, 0.25) is 0 Å². The highest BCUT2D eigenvalue weighted by molar-refractivity contribution is 5.71. The molecule has 4 aliphatic rings. The molecule has 4 atom stereocenters. The summed E-state index contributed by atoms with van der Waals surface area (Å²) in [5, 5.41) is 0. The van der Waals surface area contributed by atoms with Gasteiger partial charge >= 0.3 is 12.2 Å². The number of hydrogen-bond donors (Lipinski definition) is 0. The Kier molecular flexibility index (Phi) is 9.40. The Labute approximate surface area is 229 Å². The van der Waals surface area contributed by atoms with Crippen molar-refractivity contribution in [2.45, 2.75) is 76.5 Å². The van der Waals surface area contributed by atoms with Crippen molar-refractivity contribution in [3.63, 3.8) is 0 Å². The van der Waals surface area contributed by atoms with Crippen LogP contribution in [-0.4, -0.2) is 129 Å². The van der Waals surface area contributed by atoms with E-state index in [4.69, 9.17) is 23.7 Å². The van der Waals surface area contributed by atoms with Crippen LogP contribution in [0, 0.1) is 5.92 Å². The second kappa shape index (κ2) is 12.2. The number of alkyl halides is 2. The molecule has 2 amide bonds. The van der Waals surface area contributed by atoms with Crippen molar-refractivity contribution in [2.75, 3.05) is 66.1 Å². The number of halogens is 2. The van der Waals surface area contributed by atoms with E-state index in [9.17, 15) is 18.4 Å². The van der Waals surface area contributed by atoms with Gasteiger partial charge in [0.25, 0.3) is 6.43 Å². The van der Waals surface area contributed by atoms with Crippen molar-refractivity contribution in [2.24, 2.45) is 5.92 Å². The summed E-state index contributed by atoms with van der Waals surface area (Å²) in [6, 6.07) is 0. The lowest BCUT2D eigenvalue weighted by molar-refractivity contribution is -0.175. The molecule has 1 spiro atoms. The van der Waals surface area contributed by atoms with Crippen LogP contribution < -0.4 is 0 Å². The van der Waals surface area contributed by atoms with E-state index in [1.54, 1.807) is 12.0 Å². The first-order valence-corrected chi connectivity index (χ1v) is 13.8. The summed E-state index contributed by atoms with van der Waals surface area (Å²) in [5.74, 6) is -0.127. The van der Waals surface area contributed by atoms with Crippen molar-refractivity contribution in [3.8, 4) is 0 Å². The Morgan fingerprint density at radius 1 is 1.08 bits per heavy atom. The van der Waals surface area contributed by atoms with Crippen molar-refractivity contribution < 1.29 is 42.1 Å². The van der Waals surface area contributed by atoms with Gasteiger partial charge in [-0.25, -0.2) is 18.4 Å². The summed E-state index contributed by atoms with van der Waals surface area (Å²) in [6.07, 6.45) is -1.22. The lowest BCUT2D eigenvalue weighted by Gasteiger charge is -2.48. The van der Waals surface area contributed by atoms with Crippen LogP contribution in [0.25, 0.3) is 0 Å². The molecule has 3 saturated heterocycles. The van der Waals surface area contributed by atoms with Crippen LogP contribution in [-0.2, 0) is 23.7 Å². The van der Waals surface area contributed by atoms with E-state index in [1.165, 1.54) is 15.4 Å². The van der Waals surface area contributed by atoms with Gasteiger partial charge in [0, 0.05) is 39.2 Å². The maximum absolute atomic E-state index is 13.0. The summed E-state index contributed by atoms with van der Waals surface area (Å²) in [5.41, 5.74) is 0.265. The number of hydrogen-bond acceptors (Lipinski definition) is 8. The van der Waals surface area contributed by atoms with Gasteiger partial charge in [-0.3, -0.25) is 4.90 Å². The summed E-state index contributed by atoms with van der Waals surface area (Å²) in [7, 11) is 1.62. The van der Waals surface area contributed by atoms with Gasteiger partial charge in [0.05, 0.1) is 44.1 Å². The molecular formula is C27H43F2N3O7. The molecule has 0 unspecified atom stereocenters. The van der Waals surface area contributed by atoms with Crippen LogP contribution in [0.1, 0.15) is 40.5 Å². The minimum absolute atomic E-state index is 0.127. The fourth-order valence-corrected chi connectivity index (χ4v) is 5.98. The standard InChI is InChI=1S/C27H43F2N3O7/c1-18(2)7-13-36-26(3,4)23-22(35-5)20(6-8-27(23)17-37-27)39-25(34)32-14-19(15-32)38-24(33)31-11-9-30(10-12-31)16-21(28)29/h7,19-23H,6,8-17H2,1-5H3/t20-,22-,23-,27+/m1/s1. The van der Waals surface area contributed by atoms with E-state index in [0.29, 0.717) is 45.8 Å². The SMILES string of the molecule is CO[C@H]1[C@H](C(C)(C)OCC=C(C)C)[C@]2(CC[C@H]1OC(=O)N1CC(OC(=O)N3CCN(CC(F)F)CC3)C1)CO2. The summed E-state index contributed by atoms with van der Waals surface area (Å²) < 4.78 is 54.7. The Bertz CT molecular complexity index is 896. The number of methoxy groups -OCH3 is 1. The third-order valence-electron chi connectivity index (χ3n) is 8.25. The number of epoxide rings is 1. The van der Waals surface area contributed by atoms with E-state index in [-0.39, 0.29) is 31.2 Å². The van der Waals surface area contributed by atoms with Crippen LogP contribution in [0.15, 0.2) is 11.6 Å². The zero-order valence-corrected chi connectivity index (χ0v) is 23.7. The number of carbonyl (C=O) groups is 2. The number of allylic oxidation sites excluding steroid dienone is 1. The van der Waals surface area contributed by atoms with Crippen molar-refractivity contribution in [1.82, 2.24) is 14.7 Å². The molecule has 0 aromatic rings. The number of piperazine rings is 1. The first-order chi connectivity index (χ1) is 18.4. The molecule has 0 N–H and O–H groups in total. The molecule has 12 heteroatoms. The third-order valence-corrected chi connectivity index (χ3v) is 8.25. The van der Waals surface area contributed by atoms with E-state index < -0.39 is 42.5 Å². The average Bonchev–Trinajstić information content (AvgIpc) is 3.60. The van der Waals surface area contributed by atoms with E-state index in [1.807, 2.05) is 33.8 Å². The fourth-order valence-electron chi connectivity index (χ4n) is 5.98. The first kappa shape index (κ1) is 30.0. The van der Waals surface area contributed by atoms with Crippen LogP contribution >= 0.6 is 0 Å². The molecule has 39 heavy (non-hydrogen) atoms. The number of carbonyl (C=O) groups excluding carboxylic acids is 2. The molecule has 0 bridgehead atoms. The summed E-state index contributed by atoms with van der Waals surface area (Å²) >= 11 is 0. The number of nitrogens with zero attached hydrogens (tertiary/aromatic N) is 3. The van der Waals surface area contributed by atoms with Gasteiger partial charge in [0.15, 0.2) is 0 Å². The predicted octanol–water partition coefficient (Wildman–Crippen LogP) is 3.15. The zero-order chi connectivity index (χ0) is 28.4. The maximum atomic E-state index is 13.0. The zero-order valence-electron chi connectivity index (χ0n) is 23.7. The Balaban J connectivity index is 1.25. The molecule has 4 fully saturated rings. The first-order valence-electron chi connectivity index (χ1n) is 13.8. The molecule has 4 rings (SSSR count). The quantitative estimate of drug-likeness (QED) is 0.314. The number of likely N-dealkylation sites (tertiary alicyclic amines) is 1. The topological polar surface area (TPSA) is 93.3 Å². The lowest BCUT2D eigenvalue weighted by atomic mass is 9.68. The molecule has 0 radical (unpaired) electrons. The third kappa shape index (κ3) is 7.20. The van der Waals surface area contributed by atoms with Gasteiger partial charge in [-0.15, -0.1) is 0 Å². The molecule has 222 valence electrons. The smallest absolute Gasteiger partial charge is 0.410 e.